The number of benzene rings is 1. The smallest absolute Gasteiger partial charge is 0.00587 e. The lowest BCUT2D eigenvalue weighted by atomic mass is 9.98. The fourth-order valence-electron chi connectivity index (χ4n) is 1.62. The van der Waals surface area contributed by atoms with Crippen LogP contribution in [0.15, 0.2) is 24.3 Å². The fourth-order valence-corrected chi connectivity index (χ4v) is 1.75. The zero-order chi connectivity index (χ0) is 11.1. The average Bonchev–Trinajstić information content (AvgIpc) is 2.25. The van der Waals surface area contributed by atoms with E-state index >= 15 is 0 Å². The summed E-state index contributed by atoms with van der Waals surface area (Å²) in [5, 5.41) is 0. The molecule has 1 atom stereocenters. The van der Waals surface area contributed by atoms with Crippen molar-refractivity contribution >= 4 is 12.8 Å². The van der Waals surface area contributed by atoms with Crippen LogP contribution in [0, 0.1) is 12.8 Å². The summed E-state index contributed by atoms with van der Waals surface area (Å²) in [6.45, 7) is 5.43. The fraction of sp³-hybridized carbons (Fsp3) is 0.538. The Balaban J connectivity index is 2.27. The third kappa shape index (κ3) is 5.24. The van der Waals surface area contributed by atoms with Crippen molar-refractivity contribution in [1.29, 1.82) is 0 Å². The van der Waals surface area contributed by atoms with Crippen LogP contribution in [0.1, 0.15) is 30.9 Å². The molecule has 1 aromatic rings. The zero-order valence-electron chi connectivity index (χ0n) is 9.66. The average molecular weight is 223 g/mol. The van der Waals surface area contributed by atoms with Crippen LogP contribution in [-0.4, -0.2) is 6.54 Å². The van der Waals surface area contributed by atoms with E-state index in [4.69, 9.17) is 0 Å². The van der Waals surface area contributed by atoms with Crippen LogP contribution in [0.4, 0.5) is 0 Å². The van der Waals surface area contributed by atoms with Crippen molar-refractivity contribution in [2.24, 2.45) is 5.92 Å². The Morgan fingerprint density at radius 1 is 1.20 bits per heavy atom. The molecule has 0 aliphatic rings. The molecule has 1 nitrogen and oxygen atoms in total. The van der Waals surface area contributed by atoms with Gasteiger partial charge < -0.3 is 0 Å². The molecule has 0 aromatic heterocycles. The Hall–Kier alpha value is -0.470. The molecule has 0 fully saturated rings. The molecule has 1 unspecified atom stereocenters. The summed E-state index contributed by atoms with van der Waals surface area (Å²) < 4.78 is 2.90. The minimum atomic E-state index is 0.769. The number of hydrogen-bond acceptors (Lipinski definition) is 2. The maximum atomic E-state index is 3.99. The van der Waals surface area contributed by atoms with Crippen molar-refractivity contribution in [1.82, 2.24) is 4.72 Å². The predicted molar refractivity (Wildman–Crippen MR) is 70.3 cm³/mol. The number of rotatable bonds is 6. The van der Waals surface area contributed by atoms with E-state index in [-0.39, 0.29) is 0 Å². The molecule has 84 valence electrons. The van der Waals surface area contributed by atoms with Gasteiger partial charge in [-0.3, -0.25) is 4.72 Å². The summed E-state index contributed by atoms with van der Waals surface area (Å²) in [6.07, 6.45) is 3.65. The van der Waals surface area contributed by atoms with E-state index in [1.165, 1.54) is 30.4 Å². The van der Waals surface area contributed by atoms with Crippen molar-refractivity contribution in [3.8, 4) is 0 Å². The molecule has 0 heterocycles. The first kappa shape index (κ1) is 12.6. The first-order valence-electron chi connectivity index (χ1n) is 5.65. The molecule has 0 radical (unpaired) electrons. The third-order valence-corrected chi connectivity index (χ3v) is 3.02. The van der Waals surface area contributed by atoms with Crippen LogP contribution in [0.5, 0.6) is 0 Å². The lowest BCUT2D eigenvalue weighted by molar-refractivity contribution is 0.494. The van der Waals surface area contributed by atoms with Gasteiger partial charge in [-0.05, 0) is 37.7 Å². The second kappa shape index (κ2) is 6.91. The summed E-state index contributed by atoms with van der Waals surface area (Å²) in [5.74, 6) is 0.769. The molecule has 0 aliphatic carbocycles. The van der Waals surface area contributed by atoms with Crippen LogP contribution in [0.2, 0.25) is 0 Å². The van der Waals surface area contributed by atoms with E-state index in [0.717, 1.165) is 12.5 Å². The Morgan fingerprint density at radius 3 is 2.47 bits per heavy atom. The molecule has 1 N–H and O–H groups in total. The quantitative estimate of drug-likeness (QED) is 0.705. The van der Waals surface area contributed by atoms with Gasteiger partial charge >= 0.3 is 0 Å². The second-order valence-electron chi connectivity index (χ2n) is 4.33. The molecule has 0 saturated heterocycles. The number of thiol groups is 1. The van der Waals surface area contributed by atoms with Gasteiger partial charge in [0.2, 0.25) is 0 Å². The molecule has 1 rings (SSSR count). The monoisotopic (exact) mass is 223 g/mol. The van der Waals surface area contributed by atoms with Gasteiger partial charge in [0.25, 0.3) is 0 Å². The highest BCUT2D eigenvalue weighted by atomic mass is 32.1. The van der Waals surface area contributed by atoms with Crippen LogP contribution in [0.3, 0.4) is 0 Å². The lowest BCUT2D eigenvalue weighted by Crippen LogP contribution is -2.07. The molecule has 15 heavy (non-hydrogen) atoms. The highest BCUT2D eigenvalue weighted by Gasteiger charge is 2.02. The van der Waals surface area contributed by atoms with Gasteiger partial charge in [-0.2, -0.15) is 0 Å². The molecule has 0 spiro atoms. The first-order chi connectivity index (χ1) is 7.22. The zero-order valence-corrected chi connectivity index (χ0v) is 10.6. The van der Waals surface area contributed by atoms with Crippen LogP contribution < -0.4 is 4.72 Å². The summed E-state index contributed by atoms with van der Waals surface area (Å²) >= 11 is 3.99. The van der Waals surface area contributed by atoms with Crippen LogP contribution >= 0.6 is 12.8 Å². The first-order valence-corrected chi connectivity index (χ1v) is 6.09. The van der Waals surface area contributed by atoms with E-state index in [9.17, 15) is 0 Å². The van der Waals surface area contributed by atoms with Crippen molar-refractivity contribution in [3.63, 3.8) is 0 Å². The number of hydrogen-bond donors (Lipinski definition) is 2. The topological polar surface area (TPSA) is 12.0 Å². The maximum absolute atomic E-state index is 3.99. The molecule has 0 amide bonds. The van der Waals surface area contributed by atoms with Crippen LogP contribution in [0.25, 0.3) is 0 Å². The summed E-state index contributed by atoms with van der Waals surface area (Å²) in [7, 11) is 0. The Kier molecular flexibility index (Phi) is 5.81. The van der Waals surface area contributed by atoms with Crippen molar-refractivity contribution < 1.29 is 0 Å². The lowest BCUT2D eigenvalue weighted by Gasteiger charge is -2.10. The van der Waals surface area contributed by atoms with Crippen LogP contribution in [-0.2, 0) is 6.42 Å². The summed E-state index contributed by atoms with van der Waals surface area (Å²) in [5.41, 5.74) is 2.79. The van der Waals surface area contributed by atoms with Gasteiger partial charge in [0.1, 0.15) is 0 Å². The molecule has 0 bridgehead atoms. The molecule has 0 saturated carbocycles. The summed E-state index contributed by atoms with van der Waals surface area (Å²) in [6, 6.07) is 8.85. The predicted octanol–water partition coefficient (Wildman–Crippen LogP) is 3.39. The summed E-state index contributed by atoms with van der Waals surface area (Å²) in [4.78, 5) is 0. The van der Waals surface area contributed by atoms with Gasteiger partial charge in [0, 0.05) is 6.54 Å². The highest BCUT2D eigenvalue weighted by Crippen LogP contribution is 2.12. The largest absolute Gasteiger partial charge is 0.267 e. The van der Waals surface area contributed by atoms with Gasteiger partial charge in [-0.25, -0.2) is 0 Å². The SMILES string of the molecule is Cc1ccc(CCC(C)CCNS)cc1. The van der Waals surface area contributed by atoms with Gasteiger partial charge in [0.05, 0.1) is 0 Å². The van der Waals surface area contributed by atoms with Gasteiger partial charge in [-0.1, -0.05) is 49.6 Å². The van der Waals surface area contributed by atoms with E-state index in [0.29, 0.717) is 0 Å². The Morgan fingerprint density at radius 2 is 1.87 bits per heavy atom. The normalized spacial score (nSPS) is 12.7. The van der Waals surface area contributed by atoms with E-state index in [2.05, 4.69) is 55.6 Å². The Bertz CT molecular complexity index is 268. The van der Waals surface area contributed by atoms with E-state index in [1.54, 1.807) is 0 Å². The van der Waals surface area contributed by atoms with Gasteiger partial charge in [0.15, 0.2) is 0 Å². The standard InChI is InChI=1S/C13H21NS/c1-11-3-6-13(7-4-11)8-5-12(2)9-10-14-15/h3-4,6-7,12,14-15H,5,8-10H2,1-2H3. The number of nitrogens with one attached hydrogen (secondary N) is 1. The molecular weight excluding hydrogens is 202 g/mol. The molecule has 0 aliphatic heterocycles. The molecular formula is C13H21NS. The third-order valence-electron chi connectivity index (χ3n) is 2.80. The Labute approximate surface area is 98.8 Å². The molecule has 2 heteroatoms. The van der Waals surface area contributed by atoms with E-state index < -0.39 is 0 Å². The second-order valence-corrected chi connectivity index (χ2v) is 4.64. The van der Waals surface area contributed by atoms with E-state index in [1.807, 2.05) is 0 Å². The van der Waals surface area contributed by atoms with Crippen molar-refractivity contribution in [2.45, 2.75) is 33.1 Å². The van der Waals surface area contributed by atoms with Crippen molar-refractivity contribution in [3.05, 3.63) is 35.4 Å². The maximum Gasteiger partial charge on any atom is 0.00587 e. The molecule has 1 aromatic carbocycles. The highest BCUT2D eigenvalue weighted by molar-refractivity contribution is 7.78. The number of aryl methyl sites for hydroxylation is 2. The van der Waals surface area contributed by atoms with Crippen molar-refractivity contribution in [2.75, 3.05) is 6.54 Å². The minimum Gasteiger partial charge on any atom is -0.267 e. The minimum absolute atomic E-state index is 0.769. The van der Waals surface area contributed by atoms with Gasteiger partial charge in [-0.15, -0.1) is 0 Å².